The Kier molecular flexibility index (Phi) is 12.0. The molecule has 1 N–H and O–H groups in total. The molecule has 1 aliphatic rings. The molecule has 5 heteroatoms. The molecule has 0 unspecified atom stereocenters. The zero-order valence-corrected chi connectivity index (χ0v) is 13.7. The second-order valence-electron chi connectivity index (χ2n) is 4.09. The van der Waals surface area contributed by atoms with Gasteiger partial charge in [0.05, 0.1) is 6.10 Å². The molecule has 102 valence electrons. The van der Waals surface area contributed by atoms with Gasteiger partial charge in [0.1, 0.15) is 0 Å². The van der Waals surface area contributed by atoms with E-state index in [1.165, 1.54) is 53.8 Å². The van der Waals surface area contributed by atoms with Gasteiger partial charge in [-0.2, -0.15) is 47.0 Å². The molecule has 1 fully saturated rings. The summed E-state index contributed by atoms with van der Waals surface area (Å²) in [5, 5.41) is 9.77. The maximum Gasteiger partial charge on any atom is 0.0720 e. The van der Waals surface area contributed by atoms with Crippen LogP contribution in [-0.2, 0) is 0 Å². The lowest BCUT2D eigenvalue weighted by Crippen LogP contribution is -2.14. The van der Waals surface area contributed by atoms with Gasteiger partial charge in [-0.05, 0) is 53.8 Å². The Hall–Kier alpha value is 1.36. The molecular formula is C12H24OS4. The molecule has 1 heterocycles. The van der Waals surface area contributed by atoms with Gasteiger partial charge in [0.15, 0.2) is 0 Å². The van der Waals surface area contributed by atoms with E-state index in [-0.39, 0.29) is 6.10 Å². The van der Waals surface area contributed by atoms with E-state index < -0.39 is 0 Å². The largest absolute Gasteiger partial charge is 0.391 e. The lowest BCUT2D eigenvalue weighted by atomic mass is 10.5. The molecule has 0 atom stereocenters. The molecule has 1 aliphatic heterocycles. The topological polar surface area (TPSA) is 20.2 Å². The summed E-state index contributed by atoms with van der Waals surface area (Å²) in [6.07, 6.45) is 3.86. The molecule has 0 aromatic heterocycles. The van der Waals surface area contributed by atoms with Gasteiger partial charge in [0.2, 0.25) is 0 Å². The van der Waals surface area contributed by atoms with Gasteiger partial charge in [-0.1, -0.05) is 0 Å². The van der Waals surface area contributed by atoms with Gasteiger partial charge < -0.3 is 5.11 Å². The molecule has 0 saturated carbocycles. The first-order chi connectivity index (χ1) is 8.39. The number of rotatable bonds is 0. The van der Waals surface area contributed by atoms with E-state index in [0.29, 0.717) is 0 Å². The van der Waals surface area contributed by atoms with Gasteiger partial charge in [0, 0.05) is 11.5 Å². The Labute approximate surface area is 123 Å². The second kappa shape index (κ2) is 12.4. The summed E-state index contributed by atoms with van der Waals surface area (Å²) < 4.78 is 0. The number of aliphatic hydroxyl groups is 1. The fourth-order valence-corrected chi connectivity index (χ4v) is 5.79. The van der Waals surface area contributed by atoms with Crippen LogP contribution in [0.3, 0.4) is 0 Å². The Bertz CT molecular complexity index is 153. The average Bonchev–Trinajstić information content (AvgIpc) is 2.32. The lowest BCUT2D eigenvalue weighted by molar-refractivity contribution is 0.225. The highest BCUT2D eigenvalue weighted by molar-refractivity contribution is 8.01. The van der Waals surface area contributed by atoms with Gasteiger partial charge >= 0.3 is 0 Å². The molecule has 1 saturated heterocycles. The molecule has 1 rings (SSSR count). The third-order valence-corrected chi connectivity index (χ3v) is 7.06. The van der Waals surface area contributed by atoms with Gasteiger partial charge in [0.25, 0.3) is 0 Å². The predicted molar refractivity (Wildman–Crippen MR) is 89.2 cm³/mol. The minimum atomic E-state index is -0.0989. The number of thioether (sulfide) groups is 4. The Balaban J connectivity index is 2.09. The lowest BCUT2D eigenvalue weighted by Gasteiger charge is -2.10. The predicted octanol–water partition coefficient (Wildman–Crippen LogP) is 3.46. The molecule has 0 amide bonds. The third kappa shape index (κ3) is 10.9. The van der Waals surface area contributed by atoms with E-state index in [1.807, 2.05) is 23.5 Å². The smallest absolute Gasteiger partial charge is 0.0720 e. The molecule has 0 bridgehead atoms. The summed E-state index contributed by atoms with van der Waals surface area (Å²) in [6.45, 7) is 0. The normalized spacial score (nSPS) is 24.5. The van der Waals surface area contributed by atoms with E-state index in [1.54, 1.807) is 0 Å². The van der Waals surface area contributed by atoms with Crippen LogP contribution in [0.15, 0.2) is 0 Å². The highest BCUT2D eigenvalue weighted by Gasteiger charge is 2.04. The van der Waals surface area contributed by atoms with Crippen molar-refractivity contribution in [3.8, 4) is 0 Å². The Morgan fingerprint density at radius 1 is 0.588 bits per heavy atom. The monoisotopic (exact) mass is 312 g/mol. The van der Waals surface area contributed by atoms with Gasteiger partial charge in [-0.15, -0.1) is 0 Å². The van der Waals surface area contributed by atoms with E-state index in [2.05, 4.69) is 23.5 Å². The summed E-state index contributed by atoms with van der Waals surface area (Å²) in [4.78, 5) is 0. The van der Waals surface area contributed by atoms with Crippen LogP contribution in [-0.4, -0.2) is 57.2 Å². The van der Waals surface area contributed by atoms with Crippen molar-refractivity contribution in [2.75, 3.05) is 46.0 Å². The highest BCUT2D eigenvalue weighted by atomic mass is 32.2. The summed E-state index contributed by atoms with van der Waals surface area (Å²) in [5.41, 5.74) is 0. The summed E-state index contributed by atoms with van der Waals surface area (Å²) in [7, 11) is 0. The SMILES string of the molecule is OC1CSCCCSCCCSCCCSC1. The standard InChI is InChI=1S/C12H24OS4/c13-12-10-16-8-2-6-14-4-1-5-15-7-3-9-17-11-12/h12-13H,1-11H2. The van der Waals surface area contributed by atoms with Crippen molar-refractivity contribution in [1.82, 2.24) is 0 Å². The van der Waals surface area contributed by atoms with Crippen LogP contribution in [0, 0.1) is 0 Å². The van der Waals surface area contributed by atoms with Crippen LogP contribution in [0.4, 0.5) is 0 Å². The van der Waals surface area contributed by atoms with Crippen molar-refractivity contribution in [3.05, 3.63) is 0 Å². The molecule has 1 nitrogen and oxygen atoms in total. The van der Waals surface area contributed by atoms with Crippen molar-refractivity contribution >= 4 is 47.0 Å². The summed E-state index contributed by atoms with van der Waals surface area (Å²) in [5.74, 6) is 9.51. The Morgan fingerprint density at radius 3 is 1.35 bits per heavy atom. The zero-order chi connectivity index (χ0) is 12.2. The molecule has 0 aliphatic carbocycles. The van der Waals surface area contributed by atoms with Crippen LogP contribution in [0.1, 0.15) is 19.3 Å². The van der Waals surface area contributed by atoms with Crippen LogP contribution in [0.5, 0.6) is 0 Å². The van der Waals surface area contributed by atoms with E-state index in [9.17, 15) is 5.11 Å². The van der Waals surface area contributed by atoms with Gasteiger partial charge in [-0.3, -0.25) is 0 Å². The highest BCUT2D eigenvalue weighted by Crippen LogP contribution is 2.16. The average molecular weight is 313 g/mol. The van der Waals surface area contributed by atoms with Crippen LogP contribution in [0.2, 0.25) is 0 Å². The first kappa shape index (κ1) is 16.4. The molecule has 0 aromatic carbocycles. The van der Waals surface area contributed by atoms with E-state index >= 15 is 0 Å². The van der Waals surface area contributed by atoms with Crippen molar-refractivity contribution < 1.29 is 5.11 Å². The molecule has 17 heavy (non-hydrogen) atoms. The Morgan fingerprint density at radius 2 is 0.941 bits per heavy atom. The fraction of sp³-hybridized carbons (Fsp3) is 1.00. The van der Waals surface area contributed by atoms with E-state index in [4.69, 9.17) is 0 Å². The third-order valence-electron chi connectivity index (χ3n) is 2.35. The van der Waals surface area contributed by atoms with E-state index in [0.717, 1.165) is 11.5 Å². The summed E-state index contributed by atoms with van der Waals surface area (Å²) in [6, 6.07) is 0. The molecule has 0 spiro atoms. The second-order valence-corrected chi connectivity index (χ2v) is 8.84. The first-order valence-corrected chi connectivity index (χ1v) is 11.0. The van der Waals surface area contributed by atoms with Crippen LogP contribution < -0.4 is 0 Å². The first-order valence-electron chi connectivity index (χ1n) is 6.38. The van der Waals surface area contributed by atoms with Crippen molar-refractivity contribution in [2.24, 2.45) is 0 Å². The summed E-state index contributed by atoms with van der Waals surface area (Å²) >= 11 is 8.03. The minimum absolute atomic E-state index is 0.0989. The molecular weight excluding hydrogens is 288 g/mol. The number of hydrogen-bond donors (Lipinski definition) is 1. The number of hydrogen-bond acceptors (Lipinski definition) is 5. The van der Waals surface area contributed by atoms with Crippen molar-refractivity contribution in [1.29, 1.82) is 0 Å². The van der Waals surface area contributed by atoms with Gasteiger partial charge in [-0.25, -0.2) is 0 Å². The van der Waals surface area contributed by atoms with Crippen molar-refractivity contribution in [3.63, 3.8) is 0 Å². The van der Waals surface area contributed by atoms with Crippen LogP contribution >= 0.6 is 47.0 Å². The minimum Gasteiger partial charge on any atom is -0.391 e. The maximum atomic E-state index is 9.77. The number of aliphatic hydroxyl groups excluding tert-OH is 1. The quantitative estimate of drug-likeness (QED) is 0.737. The zero-order valence-electron chi connectivity index (χ0n) is 10.4. The van der Waals surface area contributed by atoms with Crippen molar-refractivity contribution in [2.45, 2.75) is 25.4 Å². The molecule has 0 radical (unpaired) electrons. The van der Waals surface area contributed by atoms with Crippen LogP contribution in [0.25, 0.3) is 0 Å². The fourth-order valence-electron chi connectivity index (χ4n) is 1.48. The maximum absolute atomic E-state index is 9.77. The molecule has 0 aromatic rings.